The molecule has 0 saturated heterocycles. The van der Waals surface area contributed by atoms with Crippen LogP contribution in [0, 0.1) is 11.8 Å². The molecule has 0 radical (unpaired) electrons. The van der Waals surface area contributed by atoms with Gasteiger partial charge in [0, 0.05) is 0 Å². The molecule has 1 heteroatoms. The monoisotopic (exact) mass is 198 g/mol. The Morgan fingerprint density at radius 3 is 2.71 bits per heavy atom. The molecule has 1 aliphatic rings. The molecule has 0 bridgehead atoms. The van der Waals surface area contributed by atoms with Crippen LogP contribution in [-0.4, -0.2) is 10.7 Å². The van der Waals surface area contributed by atoms with Gasteiger partial charge < -0.3 is 5.11 Å². The topological polar surface area (TPSA) is 20.2 Å². The standard InChI is InChI=1S/C13H26O/c1-4-6-8-11(3)12-9-7-10-13(12,14)5-2/h11-12,14H,4-10H2,1-3H3. The molecule has 0 amide bonds. The fraction of sp³-hybridized carbons (Fsp3) is 1.00. The van der Waals surface area contributed by atoms with Gasteiger partial charge >= 0.3 is 0 Å². The lowest BCUT2D eigenvalue weighted by molar-refractivity contribution is -0.0227. The smallest absolute Gasteiger partial charge is 0.0675 e. The highest BCUT2D eigenvalue weighted by Crippen LogP contribution is 2.43. The zero-order chi connectivity index (χ0) is 10.6. The van der Waals surface area contributed by atoms with Crippen molar-refractivity contribution in [2.24, 2.45) is 11.8 Å². The Kier molecular flexibility index (Phi) is 4.43. The van der Waals surface area contributed by atoms with Crippen molar-refractivity contribution in [3.05, 3.63) is 0 Å². The number of aliphatic hydroxyl groups is 1. The fourth-order valence-electron chi connectivity index (χ4n) is 3.06. The second kappa shape index (κ2) is 5.16. The molecular weight excluding hydrogens is 172 g/mol. The van der Waals surface area contributed by atoms with Crippen LogP contribution in [0.3, 0.4) is 0 Å². The molecule has 1 saturated carbocycles. The van der Waals surface area contributed by atoms with Gasteiger partial charge in [-0.05, 0) is 31.1 Å². The van der Waals surface area contributed by atoms with Gasteiger partial charge in [0.05, 0.1) is 5.60 Å². The van der Waals surface area contributed by atoms with Crippen LogP contribution >= 0.6 is 0 Å². The van der Waals surface area contributed by atoms with E-state index < -0.39 is 0 Å². The predicted octanol–water partition coefficient (Wildman–Crippen LogP) is 3.75. The molecule has 1 fully saturated rings. The zero-order valence-electron chi connectivity index (χ0n) is 10.1. The van der Waals surface area contributed by atoms with Crippen LogP contribution in [0.1, 0.15) is 65.7 Å². The van der Waals surface area contributed by atoms with Crippen molar-refractivity contribution in [2.45, 2.75) is 71.3 Å². The molecule has 0 aromatic heterocycles. The lowest BCUT2D eigenvalue weighted by Crippen LogP contribution is -2.36. The Bertz CT molecular complexity index is 167. The Hall–Kier alpha value is -0.0400. The third kappa shape index (κ3) is 2.50. The molecule has 84 valence electrons. The van der Waals surface area contributed by atoms with Crippen molar-refractivity contribution in [3.8, 4) is 0 Å². The summed E-state index contributed by atoms with van der Waals surface area (Å²) in [6, 6.07) is 0. The maximum absolute atomic E-state index is 10.4. The molecule has 1 N–H and O–H groups in total. The first-order chi connectivity index (χ1) is 6.64. The van der Waals surface area contributed by atoms with Crippen LogP contribution in [-0.2, 0) is 0 Å². The quantitative estimate of drug-likeness (QED) is 0.713. The predicted molar refractivity (Wildman–Crippen MR) is 61.3 cm³/mol. The van der Waals surface area contributed by atoms with Gasteiger partial charge in [0.2, 0.25) is 0 Å². The summed E-state index contributed by atoms with van der Waals surface area (Å²) in [6.07, 6.45) is 8.34. The summed E-state index contributed by atoms with van der Waals surface area (Å²) < 4.78 is 0. The molecule has 3 unspecified atom stereocenters. The van der Waals surface area contributed by atoms with Crippen LogP contribution in [0.2, 0.25) is 0 Å². The number of rotatable bonds is 5. The molecule has 0 heterocycles. The highest BCUT2D eigenvalue weighted by molar-refractivity contribution is 4.93. The Balaban J connectivity index is 2.49. The van der Waals surface area contributed by atoms with E-state index in [1.165, 1.54) is 32.1 Å². The van der Waals surface area contributed by atoms with Crippen LogP contribution < -0.4 is 0 Å². The van der Waals surface area contributed by atoms with Gasteiger partial charge in [0.25, 0.3) is 0 Å². The maximum Gasteiger partial charge on any atom is 0.0675 e. The Labute approximate surface area is 88.9 Å². The SMILES string of the molecule is CCCCC(C)C1CCCC1(O)CC. The average molecular weight is 198 g/mol. The summed E-state index contributed by atoms with van der Waals surface area (Å²) in [5, 5.41) is 10.4. The van der Waals surface area contributed by atoms with E-state index in [9.17, 15) is 5.11 Å². The lowest BCUT2D eigenvalue weighted by atomic mass is 9.78. The van der Waals surface area contributed by atoms with E-state index in [4.69, 9.17) is 0 Å². The van der Waals surface area contributed by atoms with Gasteiger partial charge in [-0.3, -0.25) is 0 Å². The first-order valence-corrected chi connectivity index (χ1v) is 6.36. The number of hydrogen-bond donors (Lipinski definition) is 1. The highest BCUT2D eigenvalue weighted by Gasteiger charge is 2.41. The normalized spacial score (nSPS) is 34.7. The van der Waals surface area contributed by atoms with E-state index in [0.717, 1.165) is 12.8 Å². The van der Waals surface area contributed by atoms with E-state index >= 15 is 0 Å². The van der Waals surface area contributed by atoms with Gasteiger partial charge in [0.1, 0.15) is 0 Å². The lowest BCUT2D eigenvalue weighted by Gasteiger charge is -2.33. The van der Waals surface area contributed by atoms with Crippen molar-refractivity contribution in [1.29, 1.82) is 0 Å². The number of unbranched alkanes of at least 4 members (excludes halogenated alkanes) is 1. The van der Waals surface area contributed by atoms with E-state index in [-0.39, 0.29) is 5.60 Å². The minimum Gasteiger partial charge on any atom is -0.390 e. The van der Waals surface area contributed by atoms with Gasteiger partial charge in [-0.25, -0.2) is 0 Å². The first kappa shape index (κ1) is 12.0. The van der Waals surface area contributed by atoms with Crippen LogP contribution in [0.15, 0.2) is 0 Å². The number of hydrogen-bond acceptors (Lipinski definition) is 1. The third-order valence-corrected chi connectivity index (χ3v) is 4.13. The molecule has 3 atom stereocenters. The van der Waals surface area contributed by atoms with E-state index in [1.807, 2.05) is 0 Å². The van der Waals surface area contributed by atoms with Crippen molar-refractivity contribution >= 4 is 0 Å². The van der Waals surface area contributed by atoms with Crippen molar-refractivity contribution in [2.75, 3.05) is 0 Å². The van der Waals surface area contributed by atoms with E-state index in [0.29, 0.717) is 11.8 Å². The summed E-state index contributed by atoms with van der Waals surface area (Å²) in [7, 11) is 0. The van der Waals surface area contributed by atoms with Gasteiger partial charge in [-0.15, -0.1) is 0 Å². The van der Waals surface area contributed by atoms with E-state index in [2.05, 4.69) is 20.8 Å². The zero-order valence-corrected chi connectivity index (χ0v) is 10.1. The summed E-state index contributed by atoms with van der Waals surface area (Å²) in [5.41, 5.74) is -0.326. The molecule has 1 aliphatic carbocycles. The first-order valence-electron chi connectivity index (χ1n) is 6.36. The van der Waals surface area contributed by atoms with Crippen molar-refractivity contribution in [3.63, 3.8) is 0 Å². The highest BCUT2D eigenvalue weighted by atomic mass is 16.3. The summed E-state index contributed by atoms with van der Waals surface area (Å²) in [6.45, 7) is 6.70. The largest absolute Gasteiger partial charge is 0.390 e. The van der Waals surface area contributed by atoms with E-state index in [1.54, 1.807) is 0 Å². The van der Waals surface area contributed by atoms with Gasteiger partial charge in [-0.1, -0.05) is 46.5 Å². The summed E-state index contributed by atoms with van der Waals surface area (Å²) in [4.78, 5) is 0. The molecular formula is C13H26O. The van der Waals surface area contributed by atoms with Gasteiger partial charge in [0.15, 0.2) is 0 Å². The van der Waals surface area contributed by atoms with Crippen molar-refractivity contribution in [1.82, 2.24) is 0 Å². The second-order valence-corrected chi connectivity index (χ2v) is 5.08. The Morgan fingerprint density at radius 2 is 2.14 bits per heavy atom. The molecule has 14 heavy (non-hydrogen) atoms. The fourth-order valence-corrected chi connectivity index (χ4v) is 3.06. The Morgan fingerprint density at radius 1 is 1.43 bits per heavy atom. The van der Waals surface area contributed by atoms with Gasteiger partial charge in [-0.2, -0.15) is 0 Å². The minimum absolute atomic E-state index is 0.326. The van der Waals surface area contributed by atoms with Crippen molar-refractivity contribution < 1.29 is 5.11 Å². The van der Waals surface area contributed by atoms with Crippen LogP contribution in [0.4, 0.5) is 0 Å². The summed E-state index contributed by atoms with van der Waals surface area (Å²) in [5.74, 6) is 1.28. The average Bonchev–Trinajstić information content (AvgIpc) is 2.57. The molecule has 0 aliphatic heterocycles. The maximum atomic E-state index is 10.4. The molecule has 0 aromatic rings. The second-order valence-electron chi connectivity index (χ2n) is 5.08. The third-order valence-electron chi connectivity index (χ3n) is 4.13. The van der Waals surface area contributed by atoms with Crippen LogP contribution in [0.5, 0.6) is 0 Å². The molecule has 1 nitrogen and oxygen atoms in total. The van der Waals surface area contributed by atoms with Crippen LogP contribution in [0.25, 0.3) is 0 Å². The molecule has 0 aromatic carbocycles. The minimum atomic E-state index is -0.326. The molecule has 1 rings (SSSR count). The molecule has 0 spiro atoms. The summed E-state index contributed by atoms with van der Waals surface area (Å²) >= 11 is 0.